The van der Waals surface area contributed by atoms with Gasteiger partial charge in [-0.25, -0.2) is 4.79 Å². The standard InChI is InChI=1S/C14H16O4/c1-3-17-14(16)8-5-9-18-13-7-4-6-12(10-13)11(2)15/h4-8,10H,3,9H2,1-2H3/b8-5+. The highest BCUT2D eigenvalue weighted by atomic mass is 16.5. The van der Waals surface area contributed by atoms with Gasteiger partial charge in [0.2, 0.25) is 0 Å². The molecular weight excluding hydrogens is 232 g/mol. The molecule has 0 bridgehead atoms. The third-order valence-corrected chi connectivity index (χ3v) is 2.13. The molecule has 0 fully saturated rings. The Labute approximate surface area is 106 Å². The maximum absolute atomic E-state index is 11.2. The normalized spacial score (nSPS) is 10.3. The van der Waals surface area contributed by atoms with E-state index in [0.29, 0.717) is 17.9 Å². The molecular formula is C14H16O4. The highest BCUT2D eigenvalue weighted by molar-refractivity contribution is 5.94. The second-order valence-corrected chi connectivity index (χ2v) is 3.55. The van der Waals surface area contributed by atoms with Gasteiger partial charge in [-0.2, -0.15) is 0 Å². The molecule has 0 amide bonds. The van der Waals surface area contributed by atoms with Gasteiger partial charge < -0.3 is 9.47 Å². The third kappa shape index (κ3) is 4.82. The van der Waals surface area contributed by atoms with E-state index in [2.05, 4.69) is 0 Å². The van der Waals surface area contributed by atoms with E-state index in [9.17, 15) is 9.59 Å². The summed E-state index contributed by atoms with van der Waals surface area (Å²) >= 11 is 0. The molecule has 18 heavy (non-hydrogen) atoms. The first-order valence-electron chi connectivity index (χ1n) is 5.70. The molecule has 0 spiro atoms. The summed E-state index contributed by atoms with van der Waals surface area (Å²) in [5.74, 6) is 0.192. The first-order chi connectivity index (χ1) is 8.63. The molecule has 0 radical (unpaired) electrons. The van der Waals surface area contributed by atoms with E-state index in [4.69, 9.17) is 9.47 Å². The second-order valence-electron chi connectivity index (χ2n) is 3.55. The molecule has 0 N–H and O–H groups in total. The summed E-state index contributed by atoms with van der Waals surface area (Å²) < 4.78 is 10.1. The fraction of sp³-hybridized carbons (Fsp3) is 0.286. The predicted molar refractivity (Wildman–Crippen MR) is 67.7 cm³/mol. The van der Waals surface area contributed by atoms with Crippen molar-refractivity contribution in [1.82, 2.24) is 0 Å². The van der Waals surface area contributed by atoms with Crippen LogP contribution < -0.4 is 4.74 Å². The number of ether oxygens (including phenoxy) is 2. The summed E-state index contributed by atoms with van der Waals surface area (Å²) in [6.45, 7) is 3.85. The zero-order valence-electron chi connectivity index (χ0n) is 10.5. The number of carbonyl (C=O) groups is 2. The van der Waals surface area contributed by atoms with Crippen molar-refractivity contribution in [2.24, 2.45) is 0 Å². The lowest BCUT2D eigenvalue weighted by atomic mass is 10.1. The van der Waals surface area contributed by atoms with Crippen LogP contribution in [0.15, 0.2) is 36.4 Å². The molecule has 0 aromatic heterocycles. The molecule has 0 heterocycles. The molecule has 1 aromatic rings. The monoisotopic (exact) mass is 248 g/mol. The summed E-state index contributed by atoms with van der Waals surface area (Å²) in [6, 6.07) is 6.90. The summed E-state index contributed by atoms with van der Waals surface area (Å²) in [4.78, 5) is 22.1. The van der Waals surface area contributed by atoms with Gasteiger partial charge >= 0.3 is 5.97 Å². The van der Waals surface area contributed by atoms with Gasteiger partial charge in [0.15, 0.2) is 5.78 Å². The number of carbonyl (C=O) groups excluding carboxylic acids is 2. The first kappa shape index (κ1) is 14.0. The lowest BCUT2D eigenvalue weighted by Gasteiger charge is -2.04. The topological polar surface area (TPSA) is 52.6 Å². The molecule has 0 saturated heterocycles. The molecule has 0 saturated carbocycles. The lowest BCUT2D eigenvalue weighted by Crippen LogP contribution is -2.01. The SMILES string of the molecule is CCOC(=O)/C=C/COc1cccc(C(C)=O)c1. The minimum atomic E-state index is -0.390. The Morgan fingerprint density at radius 1 is 1.33 bits per heavy atom. The van der Waals surface area contributed by atoms with E-state index in [-0.39, 0.29) is 12.4 Å². The van der Waals surface area contributed by atoms with Crippen molar-refractivity contribution in [2.75, 3.05) is 13.2 Å². The van der Waals surface area contributed by atoms with Crippen molar-refractivity contribution in [3.8, 4) is 5.75 Å². The van der Waals surface area contributed by atoms with Gasteiger partial charge in [0, 0.05) is 11.6 Å². The Morgan fingerprint density at radius 2 is 2.11 bits per heavy atom. The predicted octanol–water partition coefficient (Wildman–Crippen LogP) is 2.39. The van der Waals surface area contributed by atoms with Crippen molar-refractivity contribution in [3.05, 3.63) is 42.0 Å². The molecule has 4 nitrogen and oxygen atoms in total. The van der Waals surface area contributed by atoms with Crippen LogP contribution in [-0.4, -0.2) is 25.0 Å². The largest absolute Gasteiger partial charge is 0.490 e. The molecule has 96 valence electrons. The number of hydrogen-bond acceptors (Lipinski definition) is 4. The van der Waals surface area contributed by atoms with Crippen molar-refractivity contribution < 1.29 is 19.1 Å². The molecule has 1 rings (SSSR count). The van der Waals surface area contributed by atoms with Crippen LogP contribution in [0.1, 0.15) is 24.2 Å². The zero-order valence-corrected chi connectivity index (χ0v) is 10.5. The Balaban J connectivity index is 2.46. The van der Waals surface area contributed by atoms with Crippen LogP contribution in [-0.2, 0) is 9.53 Å². The van der Waals surface area contributed by atoms with Gasteiger partial charge in [0.1, 0.15) is 12.4 Å². The van der Waals surface area contributed by atoms with E-state index in [1.807, 2.05) is 0 Å². The maximum Gasteiger partial charge on any atom is 0.330 e. The van der Waals surface area contributed by atoms with Crippen molar-refractivity contribution in [3.63, 3.8) is 0 Å². The average Bonchev–Trinajstić information content (AvgIpc) is 2.35. The van der Waals surface area contributed by atoms with Gasteiger partial charge in [-0.3, -0.25) is 4.79 Å². The lowest BCUT2D eigenvalue weighted by molar-refractivity contribution is -0.137. The Kier molecular flexibility index (Phi) is 5.64. The molecule has 1 aromatic carbocycles. The van der Waals surface area contributed by atoms with E-state index >= 15 is 0 Å². The highest BCUT2D eigenvalue weighted by Crippen LogP contribution is 2.13. The van der Waals surface area contributed by atoms with Crippen LogP contribution in [0, 0.1) is 0 Å². The van der Waals surface area contributed by atoms with Crippen molar-refractivity contribution >= 4 is 11.8 Å². The van der Waals surface area contributed by atoms with Crippen LogP contribution in [0.4, 0.5) is 0 Å². The van der Waals surface area contributed by atoms with Crippen molar-refractivity contribution in [2.45, 2.75) is 13.8 Å². The van der Waals surface area contributed by atoms with E-state index in [1.54, 1.807) is 37.3 Å². The summed E-state index contributed by atoms with van der Waals surface area (Å²) in [7, 11) is 0. The Bertz CT molecular complexity index is 449. The molecule has 0 aliphatic heterocycles. The molecule has 0 aliphatic rings. The van der Waals surface area contributed by atoms with Gasteiger partial charge in [-0.1, -0.05) is 12.1 Å². The fourth-order valence-corrected chi connectivity index (χ4v) is 1.28. The minimum Gasteiger partial charge on any atom is -0.490 e. The van der Waals surface area contributed by atoms with Gasteiger partial charge in [0.25, 0.3) is 0 Å². The number of ketones is 1. The number of esters is 1. The minimum absolute atomic E-state index is 0.0116. The summed E-state index contributed by atoms with van der Waals surface area (Å²) in [5.41, 5.74) is 0.599. The van der Waals surface area contributed by atoms with Gasteiger partial charge in [-0.05, 0) is 32.1 Å². The van der Waals surface area contributed by atoms with Gasteiger partial charge in [-0.15, -0.1) is 0 Å². The first-order valence-corrected chi connectivity index (χ1v) is 5.70. The second kappa shape index (κ2) is 7.27. The quantitative estimate of drug-likeness (QED) is 0.440. The van der Waals surface area contributed by atoms with Crippen LogP contribution >= 0.6 is 0 Å². The number of Topliss-reactive ketones (excluding diaryl/α,β-unsaturated/α-hetero) is 1. The van der Waals surface area contributed by atoms with Crippen LogP contribution in [0.2, 0.25) is 0 Å². The summed E-state index contributed by atoms with van der Waals surface area (Å²) in [6.07, 6.45) is 2.89. The number of benzene rings is 1. The highest BCUT2D eigenvalue weighted by Gasteiger charge is 2.00. The van der Waals surface area contributed by atoms with E-state index in [0.717, 1.165) is 0 Å². The van der Waals surface area contributed by atoms with Crippen LogP contribution in [0.3, 0.4) is 0 Å². The zero-order chi connectivity index (χ0) is 13.4. The molecule has 0 unspecified atom stereocenters. The van der Waals surface area contributed by atoms with Crippen LogP contribution in [0.5, 0.6) is 5.75 Å². The summed E-state index contributed by atoms with van der Waals surface area (Å²) in [5, 5.41) is 0. The fourth-order valence-electron chi connectivity index (χ4n) is 1.28. The van der Waals surface area contributed by atoms with E-state index in [1.165, 1.54) is 13.0 Å². The number of hydrogen-bond donors (Lipinski definition) is 0. The average molecular weight is 248 g/mol. The Hall–Kier alpha value is -2.10. The maximum atomic E-state index is 11.2. The molecule has 0 aliphatic carbocycles. The third-order valence-electron chi connectivity index (χ3n) is 2.13. The van der Waals surface area contributed by atoms with E-state index < -0.39 is 5.97 Å². The molecule has 0 atom stereocenters. The van der Waals surface area contributed by atoms with Gasteiger partial charge in [0.05, 0.1) is 6.61 Å². The van der Waals surface area contributed by atoms with Crippen LogP contribution in [0.25, 0.3) is 0 Å². The molecule has 4 heteroatoms. The number of rotatable bonds is 6. The van der Waals surface area contributed by atoms with Crippen molar-refractivity contribution in [1.29, 1.82) is 0 Å². The smallest absolute Gasteiger partial charge is 0.330 e. The Morgan fingerprint density at radius 3 is 2.78 bits per heavy atom.